The van der Waals surface area contributed by atoms with E-state index in [1.54, 1.807) is 7.11 Å². The lowest BCUT2D eigenvalue weighted by atomic mass is 10.0. The van der Waals surface area contributed by atoms with Crippen molar-refractivity contribution in [3.63, 3.8) is 0 Å². The number of hydrogen-bond acceptors (Lipinski definition) is 3. The first-order valence-corrected chi connectivity index (χ1v) is 7.73. The van der Waals surface area contributed by atoms with Crippen LogP contribution in [0, 0.1) is 0 Å². The molecule has 0 unspecified atom stereocenters. The molecule has 3 nitrogen and oxygen atoms in total. The van der Waals surface area contributed by atoms with E-state index in [1.165, 1.54) is 31.3 Å². The molecule has 0 radical (unpaired) electrons. The largest absolute Gasteiger partial charge is 0.379 e. The lowest BCUT2D eigenvalue weighted by molar-refractivity contribution is 0.0468. The van der Waals surface area contributed by atoms with Crippen LogP contribution in [-0.2, 0) is 14.2 Å². The van der Waals surface area contributed by atoms with Gasteiger partial charge in [0.15, 0.2) is 0 Å². The van der Waals surface area contributed by atoms with E-state index in [-0.39, 0.29) is 0 Å². The molecule has 112 valence electrons. The maximum atomic E-state index is 6.29. The fraction of sp³-hybridized carbons (Fsp3) is 0.867. The predicted molar refractivity (Wildman–Crippen MR) is 78.7 cm³/mol. The Kier molecular flexibility index (Phi) is 10.5. The Morgan fingerprint density at radius 1 is 0.947 bits per heavy atom. The van der Waals surface area contributed by atoms with Gasteiger partial charge in [0.05, 0.1) is 26.4 Å². The van der Waals surface area contributed by atoms with Crippen molar-refractivity contribution in [2.75, 3.05) is 40.1 Å². The van der Waals surface area contributed by atoms with Crippen molar-refractivity contribution in [3.05, 3.63) is 10.6 Å². The van der Waals surface area contributed by atoms with Crippen LogP contribution in [0.3, 0.4) is 0 Å². The molecule has 0 spiro atoms. The molecule has 0 amide bonds. The Hall–Kier alpha value is -0.0900. The van der Waals surface area contributed by atoms with Crippen LogP contribution >= 0.6 is 11.6 Å². The van der Waals surface area contributed by atoms with E-state index in [2.05, 4.69) is 0 Å². The molecular formula is C15H27ClO3. The van der Waals surface area contributed by atoms with Gasteiger partial charge in [-0.3, -0.25) is 0 Å². The minimum atomic E-state index is 0.514. The third-order valence-corrected chi connectivity index (χ3v) is 3.72. The van der Waals surface area contributed by atoms with E-state index in [9.17, 15) is 0 Å². The third kappa shape index (κ3) is 8.64. The predicted octanol–water partition coefficient (Wildman–Crippen LogP) is 3.90. The normalized spacial score (nSPS) is 23.7. The molecule has 0 aromatic carbocycles. The van der Waals surface area contributed by atoms with Crippen LogP contribution in [0.4, 0.5) is 0 Å². The SMILES string of the molecule is COC/C(Cl)=C1/CCCCCCCOCCOCC1. The van der Waals surface area contributed by atoms with Crippen LogP contribution in [0.2, 0.25) is 0 Å². The average Bonchev–Trinajstić information content (AvgIpc) is 2.41. The molecule has 0 atom stereocenters. The Balaban J connectivity index is 2.42. The molecular weight excluding hydrogens is 264 g/mol. The van der Waals surface area contributed by atoms with Gasteiger partial charge in [0.25, 0.3) is 0 Å². The molecule has 1 aliphatic heterocycles. The number of ether oxygens (including phenoxy) is 3. The van der Waals surface area contributed by atoms with Crippen molar-refractivity contribution < 1.29 is 14.2 Å². The van der Waals surface area contributed by atoms with Crippen molar-refractivity contribution in [2.45, 2.75) is 44.9 Å². The fourth-order valence-corrected chi connectivity index (χ4v) is 2.51. The second-order valence-electron chi connectivity index (χ2n) is 4.93. The maximum absolute atomic E-state index is 6.29. The number of hydrogen-bond donors (Lipinski definition) is 0. The third-order valence-electron chi connectivity index (χ3n) is 3.34. The molecule has 0 N–H and O–H groups in total. The molecule has 0 aromatic heterocycles. The van der Waals surface area contributed by atoms with Crippen LogP contribution in [0.5, 0.6) is 0 Å². The van der Waals surface area contributed by atoms with E-state index in [0.29, 0.717) is 19.8 Å². The molecule has 1 heterocycles. The standard InChI is InChI=1S/C15H27ClO3/c1-17-13-15(16)14-7-5-3-2-4-6-9-18-11-12-19-10-8-14/h2-13H2,1H3/b15-14+. The highest BCUT2D eigenvalue weighted by Crippen LogP contribution is 2.21. The van der Waals surface area contributed by atoms with Gasteiger partial charge >= 0.3 is 0 Å². The molecule has 0 aliphatic carbocycles. The van der Waals surface area contributed by atoms with Crippen molar-refractivity contribution in [1.82, 2.24) is 0 Å². The highest BCUT2D eigenvalue weighted by Gasteiger charge is 2.06. The molecule has 1 aliphatic rings. The van der Waals surface area contributed by atoms with Crippen molar-refractivity contribution in [2.24, 2.45) is 0 Å². The molecule has 19 heavy (non-hydrogen) atoms. The van der Waals surface area contributed by atoms with Crippen LogP contribution in [-0.4, -0.2) is 40.1 Å². The summed E-state index contributed by atoms with van der Waals surface area (Å²) in [6.07, 6.45) is 8.15. The summed E-state index contributed by atoms with van der Waals surface area (Å²) in [5, 5.41) is 0.856. The minimum absolute atomic E-state index is 0.514. The zero-order chi connectivity index (χ0) is 13.8. The van der Waals surface area contributed by atoms with E-state index < -0.39 is 0 Å². The zero-order valence-electron chi connectivity index (χ0n) is 12.1. The summed E-state index contributed by atoms with van der Waals surface area (Å²) in [5.41, 5.74) is 1.29. The zero-order valence-corrected chi connectivity index (χ0v) is 12.8. The van der Waals surface area contributed by atoms with Gasteiger partial charge in [-0.05, 0) is 25.7 Å². The first kappa shape index (κ1) is 17.0. The van der Waals surface area contributed by atoms with Gasteiger partial charge in [-0.25, -0.2) is 0 Å². The first-order chi connectivity index (χ1) is 9.34. The molecule has 1 fully saturated rings. The van der Waals surface area contributed by atoms with E-state index in [0.717, 1.165) is 37.5 Å². The molecule has 1 saturated heterocycles. The van der Waals surface area contributed by atoms with Gasteiger partial charge in [-0.1, -0.05) is 36.4 Å². The Bertz CT molecular complexity index is 238. The summed E-state index contributed by atoms with van der Waals surface area (Å²) in [7, 11) is 1.68. The second-order valence-corrected chi connectivity index (χ2v) is 5.39. The topological polar surface area (TPSA) is 27.7 Å². The molecule has 1 rings (SSSR count). The van der Waals surface area contributed by atoms with Gasteiger partial charge in [-0.15, -0.1) is 0 Å². The summed E-state index contributed by atoms with van der Waals surface area (Å²) in [5.74, 6) is 0. The Labute approximate surface area is 122 Å². The summed E-state index contributed by atoms with van der Waals surface area (Å²) in [6, 6.07) is 0. The molecule has 0 bridgehead atoms. The van der Waals surface area contributed by atoms with Crippen LogP contribution in [0.1, 0.15) is 44.9 Å². The van der Waals surface area contributed by atoms with Gasteiger partial charge in [0.1, 0.15) is 0 Å². The highest BCUT2D eigenvalue weighted by atomic mass is 35.5. The Morgan fingerprint density at radius 2 is 1.63 bits per heavy atom. The summed E-state index contributed by atoms with van der Waals surface area (Å²) in [4.78, 5) is 0. The first-order valence-electron chi connectivity index (χ1n) is 7.35. The lowest BCUT2D eigenvalue weighted by Crippen LogP contribution is -2.08. The van der Waals surface area contributed by atoms with Gasteiger partial charge in [0.2, 0.25) is 0 Å². The summed E-state index contributed by atoms with van der Waals surface area (Å²) >= 11 is 6.29. The molecule has 0 aromatic rings. The van der Waals surface area contributed by atoms with E-state index in [4.69, 9.17) is 25.8 Å². The fourth-order valence-electron chi connectivity index (χ4n) is 2.22. The average molecular weight is 291 g/mol. The van der Waals surface area contributed by atoms with Crippen molar-refractivity contribution in [3.8, 4) is 0 Å². The number of rotatable bonds is 2. The smallest absolute Gasteiger partial charge is 0.0818 e. The van der Waals surface area contributed by atoms with Gasteiger partial charge < -0.3 is 14.2 Å². The van der Waals surface area contributed by atoms with Crippen LogP contribution in [0.15, 0.2) is 10.6 Å². The van der Waals surface area contributed by atoms with Crippen LogP contribution < -0.4 is 0 Å². The van der Waals surface area contributed by atoms with Gasteiger partial charge in [-0.2, -0.15) is 0 Å². The molecule has 0 saturated carbocycles. The van der Waals surface area contributed by atoms with Crippen molar-refractivity contribution in [1.29, 1.82) is 0 Å². The van der Waals surface area contributed by atoms with Crippen molar-refractivity contribution >= 4 is 11.6 Å². The quantitative estimate of drug-likeness (QED) is 0.772. The molecule has 4 heteroatoms. The van der Waals surface area contributed by atoms with E-state index >= 15 is 0 Å². The van der Waals surface area contributed by atoms with Gasteiger partial charge in [0, 0.05) is 18.7 Å². The van der Waals surface area contributed by atoms with Crippen LogP contribution in [0.25, 0.3) is 0 Å². The van der Waals surface area contributed by atoms with E-state index in [1.807, 2.05) is 0 Å². The maximum Gasteiger partial charge on any atom is 0.0818 e. The minimum Gasteiger partial charge on any atom is -0.379 e. The number of halogens is 1. The summed E-state index contributed by atoms with van der Waals surface area (Å²) in [6.45, 7) is 3.48. The monoisotopic (exact) mass is 290 g/mol. The summed E-state index contributed by atoms with van der Waals surface area (Å²) < 4.78 is 16.2. The lowest BCUT2D eigenvalue weighted by Gasteiger charge is -2.13. The Morgan fingerprint density at radius 3 is 2.42 bits per heavy atom. The highest BCUT2D eigenvalue weighted by molar-refractivity contribution is 6.30. The second kappa shape index (κ2) is 11.7. The number of methoxy groups -OCH3 is 1.